The lowest BCUT2D eigenvalue weighted by molar-refractivity contribution is -0.119. The zero-order valence-electron chi connectivity index (χ0n) is 12.7. The van der Waals surface area contributed by atoms with Gasteiger partial charge in [-0.1, -0.05) is 12.1 Å². The molecule has 0 bridgehead atoms. The second-order valence-electron chi connectivity index (χ2n) is 5.32. The fourth-order valence-electron chi connectivity index (χ4n) is 2.42. The SMILES string of the molecule is C[C@@H](C(=O)Nc1ccc(F)cc1)n1c(=O)[nH]c2ccccc2c1=O. The largest absolute Gasteiger partial charge is 0.329 e. The number of H-pyrrole nitrogens is 1. The summed E-state index contributed by atoms with van der Waals surface area (Å²) in [6, 6.07) is 10.7. The van der Waals surface area contributed by atoms with Gasteiger partial charge < -0.3 is 10.3 Å². The molecule has 0 saturated heterocycles. The van der Waals surface area contributed by atoms with Crippen molar-refractivity contribution in [3.8, 4) is 0 Å². The number of hydrogen-bond acceptors (Lipinski definition) is 3. The van der Waals surface area contributed by atoms with Crippen molar-refractivity contribution >= 4 is 22.5 Å². The zero-order chi connectivity index (χ0) is 17.3. The fraction of sp³-hybridized carbons (Fsp3) is 0.118. The Morgan fingerprint density at radius 2 is 1.79 bits per heavy atom. The van der Waals surface area contributed by atoms with E-state index in [-0.39, 0.29) is 0 Å². The van der Waals surface area contributed by atoms with E-state index in [9.17, 15) is 18.8 Å². The van der Waals surface area contributed by atoms with Crippen molar-refractivity contribution in [3.63, 3.8) is 0 Å². The predicted molar refractivity (Wildman–Crippen MR) is 88.6 cm³/mol. The molecule has 7 heteroatoms. The first-order valence-electron chi connectivity index (χ1n) is 7.27. The molecule has 122 valence electrons. The summed E-state index contributed by atoms with van der Waals surface area (Å²) in [5.74, 6) is -0.979. The maximum absolute atomic E-state index is 12.9. The van der Waals surface area contributed by atoms with Crippen LogP contribution >= 0.6 is 0 Å². The second kappa shape index (κ2) is 6.11. The van der Waals surface area contributed by atoms with Gasteiger partial charge in [0.1, 0.15) is 11.9 Å². The van der Waals surface area contributed by atoms with Gasteiger partial charge in [-0.15, -0.1) is 0 Å². The third-order valence-corrected chi connectivity index (χ3v) is 3.72. The topological polar surface area (TPSA) is 84.0 Å². The average Bonchev–Trinajstić information content (AvgIpc) is 2.56. The molecule has 2 aromatic carbocycles. The first-order chi connectivity index (χ1) is 11.5. The van der Waals surface area contributed by atoms with Gasteiger partial charge in [-0.3, -0.25) is 9.59 Å². The summed E-state index contributed by atoms with van der Waals surface area (Å²) in [4.78, 5) is 39.6. The Labute approximate surface area is 135 Å². The van der Waals surface area contributed by atoms with Gasteiger partial charge in [0.2, 0.25) is 5.91 Å². The third-order valence-electron chi connectivity index (χ3n) is 3.72. The molecule has 1 amide bonds. The number of amides is 1. The molecule has 0 aliphatic carbocycles. The van der Waals surface area contributed by atoms with E-state index in [0.717, 1.165) is 4.57 Å². The van der Waals surface area contributed by atoms with Crippen molar-refractivity contribution < 1.29 is 9.18 Å². The van der Waals surface area contributed by atoms with E-state index in [4.69, 9.17) is 0 Å². The lowest BCUT2D eigenvalue weighted by Gasteiger charge is -2.14. The number of aromatic nitrogens is 2. The van der Waals surface area contributed by atoms with Crippen LogP contribution in [0.15, 0.2) is 58.1 Å². The first kappa shape index (κ1) is 15.7. The normalized spacial score (nSPS) is 12.1. The molecule has 0 fully saturated rings. The van der Waals surface area contributed by atoms with Crippen molar-refractivity contribution in [2.75, 3.05) is 5.32 Å². The molecule has 0 unspecified atom stereocenters. The number of nitrogens with one attached hydrogen (secondary N) is 2. The molecular weight excluding hydrogens is 313 g/mol. The highest BCUT2D eigenvalue weighted by atomic mass is 19.1. The van der Waals surface area contributed by atoms with Crippen molar-refractivity contribution in [1.29, 1.82) is 0 Å². The number of carbonyl (C=O) groups is 1. The summed E-state index contributed by atoms with van der Waals surface area (Å²) < 4.78 is 13.8. The number of anilines is 1. The Hall–Kier alpha value is -3.22. The van der Waals surface area contributed by atoms with Crippen molar-refractivity contribution in [3.05, 3.63) is 75.2 Å². The molecular formula is C17H14FN3O3. The minimum absolute atomic E-state index is 0.318. The molecule has 3 aromatic rings. The summed E-state index contributed by atoms with van der Waals surface area (Å²) in [6.45, 7) is 1.45. The number of para-hydroxylation sites is 1. The lowest BCUT2D eigenvalue weighted by atomic mass is 10.2. The van der Waals surface area contributed by atoms with Crippen molar-refractivity contribution in [2.45, 2.75) is 13.0 Å². The molecule has 6 nitrogen and oxygen atoms in total. The zero-order valence-corrected chi connectivity index (χ0v) is 12.7. The summed E-state index contributed by atoms with van der Waals surface area (Å²) in [5.41, 5.74) is -0.426. The quantitative estimate of drug-likeness (QED) is 0.772. The highest BCUT2D eigenvalue weighted by Crippen LogP contribution is 2.12. The monoisotopic (exact) mass is 327 g/mol. The van der Waals surface area contributed by atoms with Gasteiger partial charge in [-0.25, -0.2) is 13.8 Å². The number of nitrogens with zero attached hydrogens (tertiary/aromatic N) is 1. The van der Waals surface area contributed by atoms with Crippen LogP contribution < -0.4 is 16.6 Å². The fourth-order valence-corrected chi connectivity index (χ4v) is 2.42. The van der Waals surface area contributed by atoms with E-state index in [1.165, 1.54) is 31.2 Å². The number of fused-ring (bicyclic) bond motifs is 1. The smallest absolute Gasteiger partial charge is 0.324 e. The maximum atomic E-state index is 12.9. The van der Waals surface area contributed by atoms with Gasteiger partial charge in [-0.2, -0.15) is 0 Å². The van der Waals surface area contributed by atoms with Crippen molar-refractivity contribution in [1.82, 2.24) is 9.55 Å². The summed E-state index contributed by atoms with van der Waals surface area (Å²) in [5, 5.41) is 2.87. The standard InChI is InChI=1S/C17H14FN3O3/c1-10(15(22)19-12-8-6-11(18)7-9-12)21-16(23)13-4-2-3-5-14(13)20-17(21)24/h2-10H,1H3,(H,19,22)(H,20,24)/t10-/m0/s1. The molecule has 24 heavy (non-hydrogen) atoms. The molecule has 0 aliphatic rings. The van der Waals surface area contributed by atoms with E-state index in [0.29, 0.717) is 16.6 Å². The van der Waals surface area contributed by atoms with Gasteiger partial charge in [0.25, 0.3) is 5.56 Å². The maximum Gasteiger partial charge on any atom is 0.329 e. The van der Waals surface area contributed by atoms with E-state index < -0.39 is 29.0 Å². The predicted octanol–water partition coefficient (Wildman–Crippen LogP) is 2.03. The van der Waals surface area contributed by atoms with Gasteiger partial charge in [0, 0.05) is 5.69 Å². The lowest BCUT2D eigenvalue weighted by Crippen LogP contribution is -2.41. The van der Waals surface area contributed by atoms with Crippen LogP contribution in [0.5, 0.6) is 0 Å². The van der Waals surface area contributed by atoms with Gasteiger partial charge >= 0.3 is 5.69 Å². The van der Waals surface area contributed by atoms with Crippen LogP contribution in [0.3, 0.4) is 0 Å². The van der Waals surface area contributed by atoms with Crippen LogP contribution in [-0.4, -0.2) is 15.5 Å². The number of aromatic amines is 1. The Bertz CT molecular complexity index is 1020. The summed E-state index contributed by atoms with van der Waals surface area (Å²) in [7, 11) is 0. The molecule has 0 saturated carbocycles. The van der Waals surface area contributed by atoms with Crippen LogP contribution in [0.1, 0.15) is 13.0 Å². The molecule has 0 spiro atoms. The Morgan fingerprint density at radius 3 is 2.50 bits per heavy atom. The molecule has 1 atom stereocenters. The first-order valence-corrected chi connectivity index (χ1v) is 7.27. The Kier molecular flexibility index (Phi) is 3.99. The molecule has 1 heterocycles. The van der Waals surface area contributed by atoms with Crippen LogP contribution in [0, 0.1) is 5.82 Å². The van der Waals surface area contributed by atoms with E-state index >= 15 is 0 Å². The minimum Gasteiger partial charge on any atom is -0.324 e. The second-order valence-corrected chi connectivity index (χ2v) is 5.32. The number of rotatable bonds is 3. The Balaban J connectivity index is 1.97. The van der Waals surface area contributed by atoms with Gasteiger partial charge in [0.15, 0.2) is 0 Å². The van der Waals surface area contributed by atoms with Gasteiger partial charge in [-0.05, 0) is 43.3 Å². The third kappa shape index (κ3) is 2.83. The molecule has 0 aliphatic heterocycles. The summed E-state index contributed by atoms with van der Waals surface area (Å²) >= 11 is 0. The van der Waals surface area contributed by atoms with Crippen LogP contribution in [-0.2, 0) is 4.79 Å². The molecule has 2 N–H and O–H groups in total. The molecule has 0 radical (unpaired) electrons. The Morgan fingerprint density at radius 1 is 1.12 bits per heavy atom. The highest BCUT2D eigenvalue weighted by molar-refractivity contribution is 5.93. The van der Waals surface area contributed by atoms with Crippen molar-refractivity contribution in [2.24, 2.45) is 0 Å². The van der Waals surface area contributed by atoms with Crippen LogP contribution in [0.2, 0.25) is 0 Å². The van der Waals surface area contributed by atoms with E-state index in [1.807, 2.05) is 0 Å². The number of halogens is 1. The highest BCUT2D eigenvalue weighted by Gasteiger charge is 2.20. The minimum atomic E-state index is -1.03. The van der Waals surface area contributed by atoms with Crippen LogP contribution in [0.25, 0.3) is 10.9 Å². The number of carbonyl (C=O) groups excluding carboxylic acids is 1. The number of benzene rings is 2. The van der Waals surface area contributed by atoms with E-state index in [1.54, 1.807) is 24.3 Å². The number of hydrogen-bond donors (Lipinski definition) is 2. The van der Waals surface area contributed by atoms with E-state index in [2.05, 4.69) is 10.3 Å². The molecule has 1 aromatic heterocycles. The van der Waals surface area contributed by atoms with Crippen LogP contribution in [0.4, 0.5) is 10.1 Å². The summed E-state index contributed by atoms with van der Waals surface area (Å²) in [6.07, 6.45) is 0. The molecule has 3 rings (SSSR count). The average molecular weight is 327 g/mol. The van der Waals surface area contributed by atoms with Gasteiger partial charge in [0.05, 0.1) is 10.9 Å².